The van der Waals surface area contributed by atoms with Gasteiger partial charge in [0.25, 0.3) is 0 Å². The molecule has 0 amide bonds. The molecule has 0 saturated carbocycles. The lowest BCUT2D eigenvalue weighted by molar-refractivity contribution is -0.929. The Morgan fingerprint density at radius 3 is 1.11 bits per heavy atom. The van der Waals surface area contributed by atoms with Crippen molar-refractivity contribution in [3.05, 3.63) is 12.2 Å². The molecule has 7 heteroatoms. The Bertz CT molecular complexity index is 698. The molecule has 0 aliphatic heterocycles. The maximum atomic E-state index is 11.0. The average molecular weight is 652 g/mol. The van der Waals surface area contributed by atoms with Crippen molar-refractivity contribution in [2.45, 2.75) is 193 Å². The SMILES string of the molecule is CCCCCCCC/C=C/CCCCCCCCCCCCCC[N+](CCCCC(=O)[O-])(CCCCC(=O)O)CCCCC(=O)O. The standard InChI is InChI=1S/C39H73NO6/c1-2-3-4-5-6-7-8-9-10-11-12-13-14-15-16-17-18-19-20-21-22-26-33-40(34-27-23-30-37(41)42,35-28-24-31-38(43)44)36-29-25-32-39(45)46/h9-10H,2-8,11-36H2,1H3,(H2-,41,42,43,44,45,46)/b10-9+. The molecule has 0 aromatic rings. The molecule has 0 spiro atoms. The normalized spacial score (nSPS) is 11.8. The molecule has 0 aliphatic carbocycles. The van der Waals surface area contributed by atoms with E-state index in [1.54, 1.807) is 0 Å². The Labute approximate surface area is 283 Å². The van der Waals surface area contributed by atoms with Crippen molar-refractivity contribution in [2.75, 3.05) is 26.2 Å². The second-order valence-electron chi connectivity index (χ2n) is 13.8. The Kier molecular flexibility index (Phi) is 31.7. The zero-order valence-corrected chi connectivity index (χ0v) is 30.0. The van der Waals surface area contributed by atoms with Crippen molar-refractivity contribution < 1.29 is 34.2 Å². The summed E-state index contributed by atoms with van der Waals surface area (Å²) in [5.41, 5.74) is 0. The number of carbonyl (C=O) groups excluding carboxylic acids is 1. The highest BCUT2D eigenvalue weighted by Gasteiger charge is 2.26. The minimum Gasteiger partial charge on any atom is -0.550 e. The average Bonchev–Trinajstić information content (AvgIpc) is 3.02. The van der Waals surface area contributed by atoms with Crippen LogP contribution < -0.4 is 5.11 Å². The number of carboxylic acids is 3. The molecule has 7 nitrogen and oxygen atoms in total. The molecule has 0 aromatic heterocycles. The molecule has 0 aliphatic rings. The zero-order valence-electron chi connectivity index (χ0n) is 30.0. The van der Waals surface area contributed by atoms with Crippen LogP contribution in [-0.4, -0.2) is 58.8 Å². The number of hydrogen-bond acceptors (Lipinski definition) is 4. The molecule has 0 saturated heterocycles. The zero-order chi connectivity index (χ0) is 34.0. The van der Waals surface area contributed by atoms with E-state index in [-0.39, 0.29) is 19.3 Å². The third-order valence-electron chi connectivity index (χ3n) is 9.45. The van der Waals surface area contributed by atoms with Crippen molar-refractivity contribution >= 4 is 17.9 Å². The second kappa shape index (κ2) is 33.0. The number of carboxylic acid groups (broad SMARTS) is 3. The number of unbranched alkanes of at least 4 members (excludes halogenated alkanes) is 21. The van der Waals surface area contributed by atoms with Crippen molar-refractivity contribution in [3.63, 3.8) is 0 Å². The summed E-state index contributed by atoms with van der Waals surface area (Å²) >= 11 is 0. The van der Waals surface area contributed by atoms with Gasteiger partial charge in [0.05, 0.1) is 26.2 Å². The molecule has 46 heavy (non-hydrogen) atoms. The van der Waals surface area contributed by atoms with Gasteiger partial charge in [-0.3, -0.25) is 9.59 Å². The molecular weight excluding hydrogens is 578 g/mol. The number of hydrogen-bond donors (Lipinski definition) is 2. The Hall–Kier alpha value is -1.89. The summed E-state index contributed by atoms with van der Waals surface area (Å²) in [5, 5.41) is 29.0. The van der Waals surface area contributed by atoms with E-state index in [2.05, 4.69) is 19.1 Å². The predicted octanol–water partition coefficient (Wildman–Crippen LogP) is 9.61. The van der Waals surface area contributed by atoms with E-state index < -0.39 is 17.9 Å². The molecule has 0 aromatic carbocycles. The quantitative estimate of drug-likeness (QED) is 0.0393. The number of rotatable bonds is 37. The largest absolute Gasteiger partial charge is 0.550 e. The lowest BCUT2D eigenvalue weighted by atomic mass is 10.0. The smallest absolute Gasteiger partial charge is 0.303 e. The van der Waals surface area contributed by atoms with Crippen LogP contribution in [0.15, 0.2) is 12.2 Å². The van der Waals surface area contributed by atoms with E-state index in [1.165, 1.54) is 122 Å². The lowest BCUT2D eigenvalue weighted by Crippen LogP contribution is -2.51. The molecule has 0 unspecified atom stereocenters. The minimum absolute atomic E-state index is 0.0645. The van der Waals surface area contributed by atoms with Gasteiger partial charge in [0.2, 0.25) is 0 Å². The van der Waals surface area contributed by atoms with Crippen LogP contribution in [0.25, 0.3) is 0 Å². The van der Waals surface area contributed by atoms with Gasteiger partial charge in [0.1, 0.15) is 0 Å². The fourth-order valence-corrected chi connectivity index (χ4v) is 6.59. The first-order valence-electron chi connectivity index (χ1n) is 19.4. The van der Waals surface area contributed by atoms with E-state index in [0.717, 1.165) is 56.3 Å². The maximum Gasteiger partial charge on any atom is 0.303 e. The number of quaternary nitrogens is 1. The highest BCUT2D eigenvalue weighted by atomic mass is 16.4. The van der Waals surface area contributed by atoms with Gasteiger partial charge in [-0.25, -0.2) is 0 Å². The minimum atomic E-state index is -1.02. The van der Waals surface area contributed by atoms with Gasteiger partial charge in [0, 0.05) is 18.8 Å². The number of allylic oxidation sites excluding steroid dienone is 2. The molecule has 2 N–H and O–H groups in total. The molecule has 270 valence electrons. The topological polar surface area (TPSA) is 115 Å². The summed E-state index contributed by atoms with van der Waals surface area (Å²) < 4.78 is 0.849. The van der Waals surface area contributed by atoms with Gasteiger partial charge in [-0.2, -0.15) is 0 Å². The first-order chi connectivity index (χ1) is 22.3. The summed E-state index contributed by atoms with van der Waals surface area (Å²) in [4.78, 5) is 33.0. The van der Waals surface area contributed by atoms with Crippen molar-refractivity contribution in [1.82, 2.24) is 0 Å². The van der Waals surface area contributed by atoms with Crippen molar-refractivity contribution in [3.8, 4) is 0 Å². The van der Waals surface area contributed by atoms with Gasteiger partial charge in [-0.1, -0.05) is 109 Å². The van der Waals surface area contributed by atoms with Gasteiger partial charge in [0.15, 0.2) is 0 Å². The van der Waals surface area contributed by atoms with Crippen LogP contribution in [-0.2, 0) is 14.4 Å². The van der Waals surface area contributed by atoms with Crippen LogP contribution in [0.1, 0.15) is 193 Å². The lowest BCUT2D eigenvalue weighted by Gasteiger charge is -2.39. The summed E-state index contributed by atoms with van der Waals surface area (Å²) in [6, 6.07) is 0. The van der Waals surface area contributed by atoms with Crippen LogP contribution in [0.4, 0.5) is 0 Å². The van der Waals surface area contributed by atoms with Gasteiger partial charge < -0.3 is 24.6 Å². The van der Waals surface area contributed by atoms with Crippen LogP contribution in [0.3, 0.4) is 0 Å². The third-order valence-corrected chi connectivity index (χ3v) is 9.45. The Morgan fingerprint density at radius 1 is 0.457 bits per heavy atom. The summed E-state index contributed by atoms with van der Waals surface area (Å²) in [7, 11) is 0. The predicted molar refractivity (Wildman–Crippen MR) is 189 cm³/mol. The molecule has 0 radical (unpaired) electrons. The Balaban J connectivity index is 4.16. The molecular formula is C39H73NO6. The molecule has 0 heterocycles. The summed E-state index contributed by atoms with van der Waals surface area (Å²) in [5.74, 6) is -2.56. The van der Waals surface area contributed by atoms with Gasteiger partial charge in [-0.05, 0) is 83.5 Å². The van der Waals surface area contributed by atoms with Crippen molar-refractivity contribution in [2.24, 2.45) is 0 Å². The van der Waals surface area contributed by atoms with E-state index in [0.29, 0.717) is 19.3 Å². The van der Waals surface area contributed by atoms with Crippen LogP contribution in [0, 0.1) is 0 Å². The number of aliphatic carboxylic acids is 3. The van der Waals surface area contributed by atoms with E-state index >= 15 is 0 Å². The van der Waals surface area contributed by atoms with E-state index in [9.17, 15) is 19.5 Å². The van der Waals surface area contributed by atoms with E-state index in [4.69, 9.17) is 10.2 Å². The monoisotopic (exact) mass is 652 g/mol. The van der Waals surface area contributed by atoms with E-state index in [1.807, 2.05) is 0 Å². The number of carbonyl (C=O) groups is 3. The Morgan fingerprint density at radius 2 is 0.761 bits per heavy atom. The van der Waals surface area contributed by atoms with Crippen LogP contribution >= 0.6 is 0 Å². The number of nitrogens with zero attached hydrogens (tertiary/aromatic N) is 1. The van der Waals surface area contributed by atoms with Crippen LogP contribution in [0.2, 0.25) is 0 Å². The second-order valence-corrected chi connectivity index (χ2v) is 13.8. The summed E-state index contributed by atoms with van der Waals surface area (Å²) in [6.07, 6.45) is 35.8. The van der Waals surface area contributed by atoms with Crippen molar-refractivity contribution in [1.29, 1.82) is 0 Å². The fourth-order valence-electron chi connectivity index (χ4n) is 6.59. The maximum absolute atomic E-state index is 11.0. The summed E-state index contributed by atoms with van der Waals surface area (Å²) in [6.45, 7) is 5.89. The van der Waals surface area contributed by atoms with Gasteiger partial charge in [-0.15, -0.1) is 0 Å². The highest BCUT2D eigenvalue weighted by Crippen LogP contribution is 2.20. The fraction of sp³-hybridized carbons (Fsp3) is 0.872. The first-order valence-corrected chi connectivity index (χ1v) is 19.4. The molecule has 0 atom stereocenters. The molecule has 0 bridgehead atoms. The molecule has 0 fully saturated rings. The molecule has 0 rings (SSSR count). The first kappa shape index (κ1) is 44.1. The third kappa shape index (κ3) is 32.1. The highest BCUT2D eigenvalue weighted by molar-refractivity contribution is 5.66. The van der Waals surface area contributed by atoms with Gasteiger partial charge >= 0.3 is 11.9 Å². The van der Waals surface area contributed by atoms with Crippen LogP contribution in [0.5, 0.6) is 0 Å².